The molecule has 4 atom stereocenters. The van der Waals surface area contributed by atoms with E-state index in [1.807, 2.05) is 29.2 Å². The van der Waals surface area contributed by atoms with Crippen LogP contribution in [0.5, 0.6) is 5.75 Å². The van der Waals surface area contributed by atoms with Crippen molar-refractivity contribution in [1.82, 2.24) is 10.2 Å². The molecule has 1 aliphatic heterocycles. The minimum Gasteiger partial charge on any atom is -0.486 e. The summed E-state index contributed by atoms with van der Waals surface area (Å²) in [5, 5.41) is 23.6. The molecular weight excluding hydrogens is 432 g/mol. The molecule has 2 amide bonds. The summed E-state index contributed by atoms with van der Waals surface area (Å²) in [6.45, 7) is 2.05. The summed E-state index contributed by atoms with van der Waals surface area (Å²) in [5.74, 6) is 0.000425. The van der Waals surface area contributed by atoms with Crippen molar-refractivity contribution in [3.05, 3.63) is 41.5 Å². The topological polar surface area (TPSA) is 99.1 Å². The van der Waals surface area contributed by atoms with Gasteiger partial charge in [-0.2, -0.15) is 0 Å². The number of rotatable bonds is 8. The molecule has 3 aliphatic rings. The van der Waals surface area contributed by atoms with Crippen molar-refractivity contribution in [3.63, 3.8) is 0 Å². The van der Waals surface area contributed by atoms with Crippen LogP contribution in [0.4, 0.5) is 0 Å². The van der Waals surface area contributed by atoms with E-state index in [0.717, 1.165) is 56.9 Å². The summed E-state index contributed by atoms with van der Waals surface area (Å²) in [4.78, 5) is 28.6. The van der Waals surface area contributed by atoms with E-state index >= 15 is 0 Å². The van der Waals surface area contributed by atoms with Gasteiger partial charge >= 0.3 is 0 Å². The number of fused-ring (bicyclic) bond motifs is 3. The standard InChI is InChI=1S/C27H38N2O5/c1-2-3-14-23(31)29(18-10-6-4-5-7-11-18)21-17-20(27(33)28-15-16-30)24-19-12-8-9-13-22(19)34-26(24)25(21)32/h8-9,12-13,17-18,21,24-26,30,32H,2-7,10-11,14-16H2,1H3,(H,28,33). The Morgan fingerprint density at radius 1 is 1.15 bits per heavy atom. The Bertz CT molecular complexity index is 893. The maximum absolute atomic E-state index is 13.5. The normalized spacial score (nSPS) is 26.5. The van der Waals surface area contributed by atoms with Crippen LogP contribution in [0.15, 0.2) is 35.9 Å². The van der Waals surface area contributed by atoms with Crippen molar-refractivity contribution in [3.8, 4) is 5.75 Å². The van der Waals surface area contributed by atoms with Crippen molar-refractivity contribution in [2.75, 3.05) is 13.2 Å². The molecule has 1 heterocycles. The lowest BCUT2D eigenvalue weighted by molar-refractivity contribution is -0.141. The first-order valence-corrected chi connectivity index (χ1v) is 12.9. The Morgan fingerprint density at radius 3 is 2.59 bits per heavy atom. The molecule has 0 saturated heterocycles. The molecule has 186 valence electrons. The molecule has 7 heteroatoms. The van der Waals surface area contributed by atoms with Crippen LogP contribution in [-0.2, 0) is 9.59 Å². The lowest BCUT2D eigenvalue weighted by Gasteiger charge is -2.44. The van der Waals surface area contributed by atoms with E-state index in [4.69, 9.17) is 4.74 Å². The van der Waals surface area contributed by atoms with Gasteiger partial charge in [-0.15, -0.1) is 0 Å². The zero-order valence-corrected chi connectivity index (χ0v) is 20.1. The third kappa shape index (κ3) is 5.01. The Balaban J connectivity index is 1.74. The first-order valence-electron chi connectivity index (χ1n) is 12.9. The molecule has 7 nitrogen and oxygen atoms in total. The van der Waals surface area contributed by atoms with Gasteiger partial charge in [0.1, 0.15) is 18.0 Å². The smallest absolute Gasteiger partial charge is 0.247 e. The summed E-state index contributed by atoms with van der Waals surface area (Å²) in [6, 6.07) is 6.98. The van der Waals surface area contributed by atoms with Crippen molar-refractivity contribution in [2.24, 2.45) is 0 Å². The van der Waals surface area contributed by atoms with Gasteiger partial charge < -0.3 is 25.2 Å². The van der Waals surface area contributed by atoms with Gasteiger partial charge in [-0.3, -0.25) is 9.59 Å². The quantitative estimate of drug-likeness (QED) is 0.507. The molecular formula is C27H38N2O5. The van der Waals surface area contributed by atoms with Crippen LogP contribution in [0.25, 0.3) is 0 Å². The molecule has 0 radical (unpaired) electrons. The van der Waals surface area contributed by atoms with E-state index in [9.17, 15) is 19.8 Å². The van der Waals surface area contributed by atoms with Crippen molar-refractivity contribution in [2.45, 2.75) is 94.9 Å². The molecule has 4 rings (SSSR count). The van der Waals surface area contributed by atoms with Crippen LogP contribution in [0, 0.1) is 0 Å². The van der Waals surface area contributed by atoms with Gasteiger partial charge in [-0.25, -0.2) is 0 Å². The number of amides is 2. The molecule has 1 aromatic carbocycles. The number of hydrogen-bond acceptors (Lipinski definition) is 5. The molecule has 0 spiro atoms. The van der Waals surface area contributed by atoms with Crippen LogP contribution >= 0.6 is 0 Å². The van der Waals surface area contributed by atoms with E-state index in [1.165, 1.54) is 0 Å². The van der Waals surface area contributed by atoms with Gasteiger partial charge in [0.25, 0.3) is 0 Å². The molecule has 0 aromatic heterocycles. The number of benzene rings is 1. The van der Waals surface area contributed by atoms with Gasteiger partial charge in [0.15, 0.2) is 0 Å². The third-order valence-electron chi connectivity index (χ3n) is 7.45. The number of carbonyl (C=O) groups excluding carboxylic acids is 2. The second-order valence-electron chi connectivity index (χ2n) is 9.73. The fraction of sp³-hybridized carbons (Fsp3) is 0.630. The number of nitrogens with zero attached hydrogens (tertiary/aromatic N) is 1. The molecule has 1 aromatic rings. The number of nitrogens with one attached hydrogen (secondary N) is 1. The summed E-state index contributed by atoms with van der Waals surface area (Å²) < 4.78 is 6.20. The zero-order valence-electron chi connectivity index (χ0n) is 20.1. The minimum absolute atomic E-state index is 0.0399. The van der Waals surface area contributed by atoms with Crippen molar-refractivity contribution >= 4 is 11.8 Å². The van der Waals surface area contributed by atoms with Gasteiger partial charge in [0.2, 0.25) is 11.8 Å². The first kappa shape index (κ1) is 24.7. The predicted molar refractivity (Wildman–Crippen MR) is 129 cm³/mol. The van der Waals surface area contributed by atoms with Crippen molar-refractivity contribution < 1.29 is 24.5 Å². The van der Waals surface area contributed by atoms with Crippen molar-refractivity contribution in [1.29, 1.82) is 0 Å². The van der Waals surface area contributed by atoms with E-state index in [2.05, 4.69) is 12.2 Å². The van der Waals surface area contributed by atoms with Crippen LogP contribution in [0.2, 0.25) is 0 Å². The summed E-state index contributed by atoms with van der Waals surface area (Å²) >= 11 is 0. The molecule has 0 bridgehead atoms. The molecule has 2 aliphatic carbocycles. The Labute approximate surface area is 202 Å². The van der Waals surface area contributed by atoms with E-state index in [0.29, 0.717) is 17.7 Å². The number of hydrogen-bond donors (Lipinski definition) is 3. The number of para-hydroxylation sites is 1. The van der Waals surface area contributed by atoms with Gasteiger partial charge in [-0.05, 0) is 31.4 Å². The molecule has 4 unspecified atom stereocenters. The largest absolute Gasteiger partial charge is 0.486 e. The second kappa shape index (κ2) is 11.4. The Hall–Kier alpha value is -2.38. The van der Waals surface area contributed by atoms with Crippen LogP contribution < -0.4 is 10.1 Å². The van der Waals surface area contributed by atoms with Crippen LogP contribution in [-0.4, -0.2) is 64.4 Å². The fourth-order valence-electron chi connectivity index (χ4n) is 5.77. The van der Waals surface area contributed by atoms with Gasteiger partial charge in [0, 0.05) is 30.1 Å². The molecule has 1 saturated carbocycles. The Morgan fingerprint density at radius 2 is 1.88 bits per heavy atom. The number of aliphatic hydroxyl groups is 2. The maximum atomic E-state index is 13.5. The number of carbonyl (C=O) groups is 2. The van der Waals surface area contributed by atoms with Crippen LogP contribution in [0.3, 0.4) is 0 Å². The highest BCUT2D eigenvalue weighted by atomic mass is 16.5. The lowest BCUT2D eigenvalue weighted by atomic mass is 9.77. The number of ether oxygens (including phenoxy) is 1. The number of unbranched alkanes of at least 4 members (excludes halogenated alkanes) is 1. The molecule has 3 N–H and O–H groups in total. The minimum atomic E-state index is -0.944. The highest BCUT2D eigenvalue weighted by molar-refractivity contribution is 5.96. The number of aliphatic hydroxyl groups excluding tert-OH is 2. The summed E-state index contributed by atoms with van der Waals surface area (Å²) in [5.41, 5.74) is 1.37. The van der Waals surface area contributed by atoms with E-state index in [-0.39, 0.29) is 31.0 Å². The van der Waals surface area contributed by atoms with E-state index in [1.54, 1.807) is 6.08 Å². The molecule has 34 heavy (non-hydrogen) atoms. The van der Waals surface area contributed by atoms with Crippen LogP contribution in [0.1, 0.15) is 76.2 Å². The average Bonchev–Trinajstić information content (AvgIpc) is 3.04. The van der Waals surface area contributed by atoms with E-state index < -0.39 is 24.2 Å². The summed E-state index contributed by atoms with van der Waals surface area (Å²) in [6.07, 6.45) is 8.64. The lowest BCUT2D eigenvalue weighted by Crippen LogP contribution is -2.58. The second-order valence-corrected chi connectivity index (χ2v) is 9.73. The monoisotopic (exact) mass is 470 g/mol. The highest BCUT2D eigenvalue weighted by Gasteiger charge is 2.51. The Kier molecular flexibility index (Phi) is 8.27. The fourth-order valence-corrected chi connectivity index (χ4v) is 5.77. The third-order valence-corrected chi connectivity index (χ3v) is 7.45. The van der Waals surface area contributed by atoms with Gasteiger partial charge in [0.05, 0.1) is 18.6 Å². The molecule has 1 fully saturated rings. The highest BCUT2D eigenvalue weighted by Crippen LogP contribution is 2.47. The average molecular weight is 471 g/mol. The first-order chi connectivity index (χ1) is 16.6. The SMILES string of the molecule is CCCCC(=O)N(C1CCCCCC1)C1C=C(C(=O)NCCO)C2c3ccccc3OC2C1O. The maximum Gasteiger partial charge on any atom is 0.247 e. The summed E-state index contributed by atoms with van der Waals surface area (Å²) in [7, 11) is 0. The zero-order chi connectivity index (χ0) is 24.1. The predicted octanol–water partition coefficient (Wildman–Crippen LogP) is 3.05. The van der Waals surface area contributed by atoms with Gasteiger partial charge in [-0.1, -0.05) is 57.2 Å².